The summed E-state index contributed by atoms with van der Waals surface area (Å²) in [6, 6.07) is 9.22. The van der Waals surface area contributed by atoms with Crippen molar-refractivity contribution < 1.29 is 4.52 Å². The predicted octanol–water partition coefficient (Wildman–Crippen LogP) is 1.36. The summed E-state index contributed by atoms with van der Waals surface area (Å²) in [7, 11) is 2.11. The van der Waals surface area contributed by atoms with Gasteiger partial charge in [-0.25, -0.2) is 0 Å². The number of nitrogens with zero attached hydrogens (tertiary/aromatic N) is 5. The Labute approximate surface area is 117 Å². The molecule has 0 N–H and O–H groups in total. The van der Waals surface area contributed by atoms with Crippen LogP contribution in [0, 0.1) is 11.3 Å². The average Bonchev–Trinajstić information content (AvgIpc) is 2.98. The number of nitriles is 1. The van der Waals surface area contributed by atoms with Crippen LogP contribution in [0.3, 0.4) is 0 Å². The molecule has 2 heterocycles. The van der Waals surface area contributed by atoms with Gasteiger partial charge in [0.1, 0.15) is 0 Å². The lowest BCUT2D eigenvalue weighted by molar-refractivity contribution is 0.309. The third kappa shape index (κ3) is 2.49. The van der Waals surface area contributed by atoms with Crippen molar-refractivity contribution in [3.05, 3.63) is 29.8 Å². The first-order chi connectivity index (χ1) is 9.76. The Kier molecular flexibility index (Phi) is 3.35. The zero-order chi connectivity index (χ0) is 13.9. The second-order valence-corrected chi connectivity index (χ2v) is 4.88. The molecule has 1 fully saturated rings. The Morgan fingerprint density at radius 2 is 1.85 bits per heavy atom. The second kappa shape index (κ2) is 5.31. The highest BCUT2D eigenvalue weighted by atomic mass is 16.5. The standard InChI is InChI=1S/C14H15N5O/c1-18-6-8-19(9-7-18)14-16-13(20-17-14)12-4-2-11(10-15)3-5-12/h2-5H,6-9H2,1H3. The van der Waals surface area contributed by atoms with E-state index in [2.05, 4.69) is 33.1 Å². The Hall–Kier alpha value is -2.39. The van der Waals surface area contributed by atoms with Crippen LogP contribution < -0.4 is 4.90 Å². The van der Waals surface area contributed by atoms with Crippen molar-refractivity contribution in [2.45, 2.75) is 0 Å². The number of aromatic nitrogens is 2. The van der Waals surface area contributed by atoms with E-state index in [4.69, 9.17) is 9.78 Å². The van der Waals surface area contributed by atoms with E-state index in [9.17, 15) is 0 Å². The van der Waals surface area contributed by atoms with E-state index in [-0.39, 0.29) is 0 Å². The van der Waals surface area contributed by atoms with Gasteiger partial charge in [-0.3, -0.25) is 0 Å². The second-order valence-electron chi connectivity index (χ2n) is 4.88. The van der Waals surface area contributed by atoms with Gasteiger partial charge in [0, 0.05) is 31.7 Å². The van der Waals surface area contributed by atoms with E-state index in [1.54, 1.807) is 12.1 Å². The summed E-state index contributed by atoms with van der Waals surface area (Å²) in [4.78, 5) is 8.83. The Bertz CT molecular complexity index is 620. The smallest absolute Gasteiger partial charge is 0.266 e. The summed E-state index contributed by atoms with van der Waals surface area (Å²) >= 11 is 0. The summed E-state index contributed by atoms with van der Waals surface area (Å²) in [5, 5.41) is 12.8. The van der Waals surface area contributed by atoms with Crippen LogP contribution in [0.2, 0.25) is 0 Å². The molecule has 0 spiro atoms. The van der Waals surface area contributed by atoms with E-state index >= 15 is 0 Å². The number of hydrogen-bond donors (Lipinski definition) is 0. The quantitative estimate of drug-likeness (QED) is 0.820. The molecule has 3 rings (SSSR count). The Morgan fingerprint density at radius 3 is 2.50 bits per heavy atom. The zero-order valence-electron chi connectivity index (χ0n) is 11.3. The maximum Gasteiger partial charge on any atom is 0.266 e. The summed E-state index contributed by atoms with van der Waals surface area (Å²) in [5.41, 5.74) is 1.45. The van der Waals surface area contributed by atoms with Crippen molar-refractivity contribution in [3.63, 3.8) is 0 Å². The first-order valence-electron chi connectivity index (χ1n) is 6.54. The molecule has 6 heteroatoms. The van der Waals surface area contributed by atoms with Crippen molar-refractivity contribution in [2.24, 2.45) is 0 Å². The number of piperazine rings is 1. The van der Waals surface area contributed by atoms with E-state index in [1.165, 1.54) is 0 Å². The first-order valence-corrected chi connectivity index (χ1v) is 6.54. The topological polar surface area (TPSA) is 69.2 Å². The van der Waals surface area contributed by atoms with Crippen LogP contribution in [-0.4, -0.2) is 48.3 Å². The molecular weight excluding hydrogens is 254 g/mol. The Balaban J connectivity index is 1.77. The monoisotopic (exact) mass is 269 g/mol. The molecule has 0 saturated carbocycles. The molecule has 1 aromatic heterocycles. The molecule has 0 aliphatic carbocycles. The van der Waals surface area contributed by atoms with E-state index in [0.717, 1.165) is 31.7 Å². The van der Waals surface area contributed by atoms with Gasteiger partial charge in [0.15, 0.2) is 0 Å². The molecule has 6 nitrogen and oxygen atoms in total. The molecule has 1 aromatic carbocycles. The zero-order valence-corrected chi connectivity index (χ0v) is 11.3. The van der Waals surface area contributed by atoms with Gasteiger partial charge in [0.05, 0.1) is 11.6 Å². The van der Waals surface area contributed by atoms with Crippen LogP contribution in [0.25, 0.3) is 11.5 Å². The fraction of sp³-hybridized carbons (Fsp3) is 0.357. The Morgan fingerprint density at radius 1 is 1.15 bits per heavy atom. The van der Waals surface area contributed by atoms with Gasteiger partial charge in [-0.2, -0.15) is 10.2 Å². The van der Waals surface area contributed by atoms with Gasteiger partial charge in [-0.15, -0.1) is 0 Å². The van der Waals surface area contributed by atoms with Gasteiger partial charge >= 0.3 is 0 Å². The maximum atomic E-state index is 8.78. The maximum absolute atomic E-state index is 8.78. The van der Waals surface area contributed by atoms with Crippen LogP contribution in [0.5, 0.6) is 0 Å². The SMILES string of the molecule is CN1CCN(c2noc(-c3ccc(C#N)cc3)n2)CC1. The van der Waals surface area contributed by atoms with Gasteiger partial charge in [-0.05, 0) is 36.5 Å². The van der Waals surface area contributed by atoms with Crippen LogP contribution in [-0.2, 0) is 0 Å². The van der Waals surface area contributed by atoms with E-state index < -0.39 is 0 Å². The molecule has 0 amide bonds. The molecule has 0 unspecified atom stereocenters. The molecule has 1 aliphatic rings. The summed E-state index contributed by atoms with van der Waals surface area (Å²) in [6.45, 7) is 3.81. The van der Waals surface area contributed by atoms with Gasteiger partial charge < -0.3 is 14.3 Å². The summed E-state index contributed by atoms with van der Waals surface area (Å²) in [5.74, 6) is 1.13. The molecule has 102 valence electrons. The molecule has 0 bridgehead atoms. The number of anilines is 1. The summed E-state index contributed by atoms with van der Waals surface area (Å²) < 4.78 is 5.30. The molecule has 1 aliphatic heterocycles. The van der Waals surface area contributed by atoms with E-state index in [0.29, 0.717) is 17.4 Å². The third-order valence-corrected chi connectivity index (χ3v) is 3.46. The van der Waals surface area contributed by atoms with Crippen LogP contribution in [0.1, 0.15) is 5.56 Å². The minimum atomic E-state index is 0.489. The van der Waals surface area contributed by atoms with Crippen molar-refractivity contribution >= 4 is 5.95 Å². The minimum absolute atomic E-state index is 0.489. The third-order valence-electron chi connectivity index (χ3n) is 3.46. The largest absolute Gasteiger partial charge is 0.336 e. The van der Waals surface area contributed by atoms with E-state index in [1.807, 2.05) is 12.1 Å². The average molecular weight is 269 g/mol. The predicted molar refractivity (Wildman–Crippen MR) is 74.2 cm³/mol. The first kappa shape index (κ1) is 12.6. The van der Waals surface area contributed by atoms with Crippen molar-refractivity contribution in [1.82, 2.24) is 15.0 Å². The van der Waals surface area contributed by atoms with Crippen molar-refractivity contribution in [3.8, 4) is 17.5 Å². The minimum Gasteiger partial charge on any atom is -0.336 e. The fourth-order valence-corrected chi connectivity index (χ4v) is 2.16. The van der Waals surface area contributed by atoms with Crippen LogP contribution in [0.4, 0.5) is 5.95 Å². The fourth-order valence-electron chi connectivity index (χ4n) is 2.16. The van der Waals surface area contributed by atoms with Crippen LogP contribution in [0.15, 0.2) is 28.8 Å². The summed E-state index contributed by atoms with van der Waals surface area (Å²) in [6.07, 6.45) is 0. The van der Waals surface area contributed by atoms with Gasteiger partial charge in [0.2, 0.25) is 0 Å². The lowest BCUT2D eigenvalue weighted by Gasteiger charge is -2.31. The molecule has 1 saturated heterocycles. The molecule has 0 radical (unpaired) electrons. The lowest BCUT2D eigenvalue weighted by atomic mass is 10.1. The molecule has 20 heavy (non-hydrogen) atoms. The number of rotatable bonds is 2. The normalized spacial score (nSPS) is 16.1. The van der Waals surface area contributed by atoms with Gasteiger partial charge in [0.25, 0.3) is 11.8 Å². The number of benzene rings is 1. The molecular formula is C14H15N5O. The highest BCUT2D eigenvalue weighted by molar-refractivity contribution is 5.56. The highest BCUT2D eigenvalue weighted by Gasteiger charge is 2.19. The van der Waals surface area contributed by atoms with Crippen LogP contribution >= 0.6 is 0 Å². The number of hydrogen-bond acceptors (Lipinski definition) is 6. The molecule has 0 atom stereocenters. The molecule has 2 aromatic rings. The highest BCUT2D eigenvalue weighted by Crippen LogP contribution is 2.21. The lowest BCUT2D eigenvalue weighted by Crippen LogP contribution is -2.44. The number of likely N-dealkylation sites (N-methyl/N-ethyl adjacent to an activating group) is 1. The van der Waals surface area contributed by atoms with Gasteiger partial charge in [-0.1, -0.05) is 0 Å². The van der Waals surface area contributed by atoms with Crippen molar-refractivity contribution in [1.29, 1.82) is 5.26 Å². The van der Waals surface area contributed by atoms with Crippen molar-refractivity contribution in [2.75, 3.05) is 38.1 Å².